The molecule has 9 nitrogen and oxygen atoms in total. The highest BCUT2D eigenvalue weighted by molar-refractivity contribution is 5.96. The van der Waals surface area contributed by atoms with Gasteiger partial charge < -0.3 is 10.0 Å². The van der Waals surface area contributed by atoms with Crippen molar-refractivity contribution in [2.45, 2.75) is 37.6 Å². The Bertz CT molecular complexity index is 885. The van der Waals surface area contributed by atoms with E-state index < -0.39 is 22.3 Å². The van der Waals surface area contributed by atoms with Gasteiger partial charge in [-0.05, 0) is 25.0 Å². The standard InChI is InChI=1S/C18H20N4O5/c1-20(18(17(24)25)10-5-2-6-11-18)16(23)13-9-12-21(19-13)14-7-3-4-8-15(14)22(26)27/h3-4,7-9,12H,2,5-6,10-11H2,1H3,(H,24,25). The second-order valence-electron chi connectivity index (χ2n) is 6.65. The molecule has 1 heterocycles. The van der Waals surface area contributed by atoms with E-state index in [1.165, 1.54) is 41.0 Å². The smallest absolute Gasteiger partial charge is 0.329 e. The summed E-state index contributed by atoms with van der Waals surface area (Å²) in [6.07, 6.45) is 4.69. The summed E-state index contributed by atoms with van der Waals surface area (Å²) in [6, 6.07) is 7.51. The third-order valence-corrected chi connectivity index (χ3v) is 5.16. The lowest BCUT2D eigenvalue weighted by atomic mass is 9.80. The fourth-order valence-corrected chi connectivity index (χ4v) is 3.58. The van der Waals surface area contributed by atoms with E-state index >= 15 is 0 Å². The van der Waals surface area contributed by atoms with Crippen LogP contribution < -0.4 is 0 Å². The molecule has 0 aliphatic heterocycles. The van der Waals surface area contributed by atoms with Crippen LogP contribution in [0.4, 0.5) is 5.69 Å². The summed E-state index contributed by atoms with van der Waals surface area (Å²) in [5, 5.41) is 25.1. The van der Waals surface area contributed by atoms with Gasteiger partial charge in [0.15, 0.2) is 5.69 Å². The Morgan fingerprint density at radius 1 is 1.22 bits per heavy atom. The van der Waals surface area contributed by atoms with Crippen LogP contribution in [0.1, 0.15) is 42.6 Å². The number of para-hydroxylation sites is 2. The third-order valence-electron chi connectivity index (χ3n) is 5.16. The van der Waals surface area contributed by atoms with Crippen molar-refractivity contribution in [3.8, 4) is 5.69 Å². The monoisotopic (exact) mass is 372 g/mol. The molecule has 1 aliphatic rings. The van der Waals surface area contributed by atoms with Crippen LogP contribution in [0.5, 0.6) is 0 Å². The number of rotatable bonds is 5. The molecule has 27 heavy (non-hydrogen) atoms. The van der Waals surface area contributed by atoms with Crippen molar-refractivity contribution in [3.63, 3.8) is 0 Å². The predicted octanol–water partition coefficient (Wildman–Crippen LogP) is 2.64. The van der Waals surface area contributed by atoms with Gasteiger partial charge in [0.2, 0.25) is 0 Å². The number of likely N-dealkylation sites (N-methyl/N-ethyl adjacent to an activating group) is 1. The fraction of sp³-hybridized carbons (Fsp3) is 0.389. The molecule has 0 saturated heterocycles. The van der Waals surface area contributed by atoms with Crippen molar-refractivity contribution < 1.29 is 19.6 Å². The van der Waals surface area contributed by atoms with E-state index in [0.717, 1.165) is 19.3 Å². The number of amides is 1. The zero-order chi connectivity index (χ0) is 19.6. The number of benzene rings is 1. The first-order valence-corrected chi connectivity index (χ1v) is 8.68. The summed E-state index contributed by atoms with van der Waals surface area (Å²) in [5.41, 5.74) is -1.10. The molecule has 142 valence electrons. The molecule has 0 bridgehead atoms. The second kappa shape index (κ2) is 7.18. The zero-order valence-electron chi connectivity index (χ0n) is 14.9. The Balaban J connectivity index is 1.91. The predicted molar refractivity (Wildman–Crippen MR) is 95.8 cm³/mol. The molecular formula is C18H20N4O5. The number of nitrogens with zero attached hydrogens (tertiary/aromatic N) is 4. The minimum absolute atomic E-state index is 0.0434. The largest absolute Gasteiger partial charge is 0.479 e. The molecule has 1 fully saturated rings. The maximum atomic E-state index is 12.9. The molecule has 9 heteroatoms. The number of hydrogen-bond donors (Lipinski definition) is 1. The summed E-state index contributed by atoms with van der Waals surface area (Å²) in [4.78, 5) is 36.7. The number of nitro groups is 1. The number of aliphatic carboxylic acids is 1. The second-order valence-corrected chi connectivity index (χ2v) is 6.65. The molecule has 2 aromatic rings. The Kier molecular flexibility index (Phi) is 4.93. The van der Waals surface area contributed by atoms with Crippen LogP contribution in [0.25, 0.3) is 5.69 Å². The highest BCUT2D eigenvalue weighted by Gasteiger charge is 2.46. The van der Waals surface area contributed by atoms with Gasteiger partial charge in [-0.2, -0.15) is 5.10 Å². The third kappa shape index (κ3) is 3.27. The normalized spacial score (nSPS) is 15.9. The molecule has 1 aliphatic carbocycles. The van der Waals surface area contributed by atoms with Crippen LogP contribution in [0, 0.1) is 10.1 Å². The van der Waals surface area contributed by atoms with E-state index in [1.807, 2.05) is 0 Å². The van der Waals surface area contributed by atoms with Crippen molar-refractivity contribution in [1.29, 1.82) is 0 Å². The number of carbonyl (C=O) groups is 2. The maximum Gasteiger partial charge on any atom is 0.329 e. The highest BCUT2D eigenvalue weighted by Crippen LogP contribution is 2.34. The van der Waals surface area contributed by atoms with Crippen molar-refractivity contribution in [1.82, 2.24) is 14.7 Å². The molecular weight excluding hydrogens is 352 g/mol. The summed E-state index contributed by atoms with van der Waals surface area (Å²) in [6.45, 7) is 0. The van der Waals surface area contributed by atoms with Gasteiger partial charge in [0.25, 0.3) is 11.6 Å². The van der Waals surface area contributed by atoms with E-state index in [-0.39, 0.29) is 17.1 Å². The molecule has 0 atom stereocenters. The number of aromatic nitrogens is 2. The molecule has 1 aromatic heterocycles. The number of carbonyl (C=O) groups excluding carboxylic acids is 1. The number of carboxylic acids is 1. The first-order chi connectivity index (χ1) is 12.9. The molecule has 0 unspecified atom stereocenters. The number of nitro benzene ring substituents is 1. The van der Waals surface area contributed by atoms with E-state index in [1.54, 1.807) is 12.1 Å². The van der Waals surface area contributed by atoms with Crippen molar-refractivity contribution in [2.24, 2.45) is 0 Å². The molecule has 1 amide bonds. The molecule has 0 spiro atoms. The van der Waals surface area contributed by atoms with Crippen molar-refractivity contribution in [3.05, 3.63) is 52.3 Å². The topological polar surface area (TPSA) is 119 Å². The number of hydrogen-bond acceptors (Lipinski definition) is 5. The van der Waals surface area contributed by atoms with Crippen molar-refractivity contribution in [2.75, 3.05) is 7.05 Å². The zero-order valence-corrected chi connectivity index (χ0v) is 14.9. The summed E-state index contributed by atoms with van der Waals surface area (Å²) < 4.78 is 1.26. The van der Waals surface area contributed by atoms with E-state index in [9.17, 15) is 24.8 Å². The van der Waals surface area contributed by atoms with E-state index in [2.05, 4.69) is 5.10 Å². The molecule has 3 rings (SSSR count). The summed E-state index contributed by atoms with van der Waals surface area (Å²) in [5.74, 6) is -1.53. The van der Waals surface area contributed by atoms with E-state index in [0.29, 0.717) is 12.8 Å². The van der Waals surface area contributed by atoms with Crippen LogP contribution in [-0.2, 0) is 4.79 Å². The van der Waals surface area contributed by atoms with Gasteiger partial charge in [-0.1, -0.05) is 31.4 Å². The van der Waals surface area contributed by atoms with Gasteiger partial charge in [0, 0.05) is 19.3 Å². The van der Waals surface area contributed by atoms with Crippen LogP contribution in [0.2, 0.25) is 0 Å². The maximum absolute atomic E-state index is 12.9. The Morgan fingerprint density at radius 2 is 1.89 bits per heavy atom. The molecule has 1 N–H and O–H groups in total. The van der Waals surface area contributed by atoms with Gasteiger partial charge >= 0.3 is 5.97 Å². The average Bonchev–Trinajstić information content (AvgIpc) is 3.17. The lowest BCUT2D eigenvalue weighted by molar-refractivity contribution is -0.384. The molecule has 1 aromatic carbocycles. The Hall–Kier alpha value is -3.23. The summed E-state index contributed by atoms with van der Waals surface area (Å²) >= 11 is 0. The minimum Gasteiger partial charge on any atom is -0.479 e. The van der Waals surface area contributed by atoms with Gasteiger partial charge in [-0.25, -0.2) is 9.48 Å². The number of carboxylic acid groups (broad SMARTS) is 1. The highest BCUT2D eigenvalue weighted by atomic mass is 16.6. The van der Waals surface area contributed by atoms with Gasteiger partial charge in [-0.15, -0.1) is 0 Å². The quantitative estimate of drug-likeness (QED) is 0.636. The van der Waals surface area contributed by atoms with Crippen LogP contribution in [-0.4, -0.2) is 49.2 Å². The average molecular weight is 372 g/mol. The van der Waals surface area contributed by atoms with Crippen LogP contribution >= 0.6 is 0 Å². The fourth-order valence-electron chi connectivity index (χ4n) is 3.58. The SMILES string of the molecule is CN(C(=O)c1ccn(-c2ccccc2[N+](=O)[O-])n1)C1(C(=O)O)CCCCC1. The molecule has 1 saturated carbocycles. The van der Waals surface area contributed by atoms with Crippen LogP contribution in [0.15, 0.2) is 36.5 Å². The van der Waals surface area contributed by atoms with Gasteiger partial charge in [-0.3, -0.25) is 14.9 Å². The minimum atomic E-state index is -1.24. The summed E-state index contributed by atoms with van der Waals surface area (Å²) in [7, 11) is 1.48. The Morgan fingerprint density at radius 3 is 2.52 bits per heavy atom. The Labute approximate surface area is 155 Å². The first-order valence-electron chi connectivity index (χ1n) is 8.68. The lowest BCUT2D eigenvalue weighted by Crippen LogP contribution is -2.56. The van der Waals surface area contributed by atoms with Gasteiger partial charge in [0.05, 0.1) is 4.92 Å². The van der Waals surface area contributed by atoms with E-state index in [4.69, 9.17) is 0 Å². The van der Waals surface area contributed by atoms with Crippen molar-refractivity contribution >= 4 is 17.6 Å². The first kappa shape index (κ1) is 18.6. The lowest BCUT2D eigenvalue weighted by Gasteiger charge is -2.40. The van der Waals surface area contributed by atoms with Gasteiger partial charge in [0.1, 0.15) is 11.2 Å². The molecule has 0 radical (unpaired) electrons. The van der Waals surface area contributed by atoms with Crippen LogP contribution in [0.3, 0.4) is 0 Å².